The van der Waals surface area contributed by atoms with E-state index < -0.39 is 0 Å². The summed E-state index contributed by atoms with van der Waals surface area (Å²) in [5.74, 6) is -0.575. The van der Waals surface area contributed by atoms with Crippen molar-refractivity contribution in [3.8, 4) is 11.1 Å². The van der Waals surface area contributed by atoms with E-state index in [1.807, 2.05) is 47.5 Å². The number of anilines is 2. The van der Waals surface area contributed by atoms with Crippen molar-refractivity contribution in [2.45, 2.75) is 6.92 Å². The molecule has 0 saturated carbocycles. The van der Waals surface area contributed by atoms with Crippen molar-refractivity contribution in [1.82, 2.24) is 0 Å². The molecule has 0 atom stereocenters. The molecule has 4 rings (SSSR count). The quantitative estimate of drug-likeness (QED) is 0.678. The van der Waals surface area contributed by atoms with Crippen LogP contribution in [0.4, 0.5) is 15.8 Å². The van der Waals surface area contributed by atoms with Gasteiger partial charge in [0.15, 0.2) is 0 Å². The zero-order valence-electron chi connectivity index (χ0n) is 15.6. The third-order valence-electron chi connectivity index (χ3n) is 4.79. The minimum Gasteiger partial charge on any atom is -0.378 e. The fourth-order valence-electron chi connectivity index (χ4n) is 3.28. The highest BCUT2D eigenvalue weighted by Crippen LogP contribution is 2.30. The van der Waals surface area contributed by atoms with Crippen LogP contribution in [0.3, 0.4) is 0 Å². The summed E-state index contributed by atoms with van der Waals surface area (Å²) < 4.78 is 19.9. The Morgan fingerprint density at radius 1 is 1.11 bits per heavy atom. The summed E-state index contributed by atoms with van der Waals surface area (Å²) in [5.41, 5.74) is 4.03. The molecular weight excluding hydrogens is 375 g/mol. The first-order valence-electron chi connectivity index (χ1n) is 9.20. The average Bonchev–Trinajstić information content (AvgIpc) is 3.19. The lowest BCUT2D eigenvalue weighted by molar-refractivity contribution is 0.103. The number of nitrogens with one attached hydrogen (secondary N) is 1. The predicted octanol–water partition coefficient (Wildman–Crippen LogP) is 4.95. The van der Waals surface area contributed by atoms with Crippen LogP contribution < -0.4 is 10.2 Å². The average molecular weight is 396 g/mol. The molecule has 1 aliphatic rings. The van der Waals surface area contributed by atoms with Crippen molar-refractivity contribution in [2.75, 3.05) is 36.5 Å². The van der Waals surface area contributed by atoms with Crippen molar-refractivity contribution in [2.24, 2.45) is 0 Å². The normalized spacial score (nSPS) is 14.1. The zero-order chi connectivity index (χ0) is 19.5. The van der Waals surface area contributed by atoms with E-state index in [-0.39, 0.29) is 11.7 Å². The Hall–Kier alpha value is -2.70. The Morgan fingerprint density at radius 3 is 2.57 bits per heavy atom. The van der Waals surface area contributed by atoms with E-state index in [9.17, 15) is 9.18 Å². The van der Waals surface area contributed by atoms with Crippen LogP contribution in [-0.4, -0.2) is 32.2 Å². The molecule has 28 heavy (non-hydrogen) atoms. The van der Waals surface area contributed by atoms with E-state index in [1.165, 1.54) is 23.0 Å². The molecule has 6 heteroatoms. The highest BCUT2D eigenvalue weighted by Gasteiger charge is 2.18. The van der Waals surface area contributed by atoms with Crippen LogP contribution in [0.5, 0.6) is 0 Å². The van der Waals surface area contributed by atoms with E-state index in [0.29, 0.717) is 42.6 Å². The van der Waals surface area contributed by atoms with E-state index >= 15 is 0 Å². The maximum Gasteiger partial charge on any atom is 0.266 e. The molecule has 0 spiro atoms. The molecule has 1 N–H and O–H groups in total. The number of carbonyl (C=O) groups excluding carboxylic acids is 1. The van der Waals surface area contributed by atoms with Crippen molar-refractivity contribution < 1.29 is 13.9 Å². The van der Waals surface area contributed by atoms with Crippen LogP contribution in [0.15, 0.2) is 53.9 Å². The highest BCUT2D eigenvalue weighted by atomic mass is 32.1. The first kappa shape index (κ1) is 18.7. The second-order valence-electron chi connectivity index (χ2n) is 6.75. The lowest BCUT2D eigenvalue weighted by Crippen LogP contribution is -2.36. The lowest BCUT2D eigenvalue weighted by Gasteiger charge is -2.29. The number of ether oxygens (including phenoxy) is 1. The van der Waals surface area contributed by atoms with E-state index in [2.05, 4.69) is 5.32 Å². The minimum atomic E-state index is -0.343. The van der Waals surface area contributed by atoms with Gasteiger partial charge >= 0.3 is 0 Å². The van der Waals surface area contributed by atoms with Gasteiger partial charge in [-0.15, -0.1) is 11.3 Å². The summed E-state index contributed by atoms with van der Waals surface area (Å²) >= 11 is 1.38. The number of hydrogen-bond donors (Lipinski definition) is 1. The molecule has 1 saturated heterocycles. The number of rotatable bonds is 4. The Labute approximate surface area is 167 Å². The maximum atomic E-state index is 14.6. The molecule has 2 heterocycles. The van der Waals surface area contributed by atoms with Crippen LogP contribution in [0.2, 0.25) is 0 Å². The molecule has 0 unspecified atom stereocenters. The summed E-state index contributed by atoms with van der Waals surface area (Å²) in [6, 6.07) is 14.8. The second-order valence-corrected chi connectivity index (χ2v) is 7.67. The number of aryl methyl sites for hydroxylation is 1. The Balaban J connectivity index is 1.52. The number of hydrogen-bond acceptors (Lipinski definition) is 4. The smallest absolute Gasteiger partial charge is 0.266 e. The van der Waals surface area contributed by atoms with Crippen LogP contribution >= 0.6 is 11.3 Å². The number of benzene rings is 2. The number of carbonyl (C=O) groups is 1. The van der Waals surface area contributed by atoms with Gasteiger partial charge < -0.3 is 15.0 Å². The Kier molecular flexibility index (Phi) is 5.41. The second kappa shape index (κ2) is 8.12. The van der Waals surface area contributed by atoms with Gasteiger partial charge in [-0.25, -0.2) is 4.39 Å². The first-order valence-corrected chi connectivity index (χ1v) is 10.1. The third kappa shape index (κ3) is 3.93. The van der Waals surface area contributed by atoms with Crippen LogP contribution in [-0.2, 0) is 4.74 Å². The van der Waals surface area contributed by atoms with Crippen LogP contribution in [0.1, 0.15) is 15.2 Å². The minimum absolute atomic E-state index is 0.232. The molecule has 4 nitrogen and oxygen atoms in total. The predicted molar refractivity (Wildman–Crippen MR) is 112 cm³/mol. The molecule has 0 bridgehead atoms. The lowest BCUT2D eigenvalue weighted by atomic mass is 10.0. The number of amides is 1. The summed E-state index contributed by atoms with van der Waals surface area (Å²) in [6.07, 6.45) is 0. The monoisotopic (exact) mass is 396 g/mol. The Morgan fingerprint density at radius 2 is 1.86 bits per heavy atom. The fourth-order valence-corrected chi connectivity index (χ4v) is 4.09. The van der Waals surface area contributed by atoms with E-state index in [0.717, 1.165) is 11.1 Å². The maximum absolute atomic E-state index is 14.6. The summed E-state index contributed by atoms with van der Waals surface area (Å²) in [6.45, 7) is 4.55. The van der Waals surface area contributed by atoms with Gasteiger partial charge in [0, 0.05) is 24.3 Å². The number of nitrogens with zero attached hydrogens (tertiary/aromatic N) is 1. The molecule has 2 aromatic carbocycles. The summed E-state index contributed by atoms with van der Waals surface area (Å²) in [5, 5.41) is 4.72. The highest BCUT2D eigenvalue weighted by molar-refractivity contribution is 7.12. The number of halogens is 1. The number of thiophene rings is 1. The largest absolute Gasteiger partial charge is 0.378 e. The fraction of sp³-hybridized carbons (Fsp3) is 0.227. The van der Waals surface area contributed by atoms with Crippen molar-refractivity contribution in [1.29, 1.82) is 0 Å². The van der Waals surface area contributed by atoms with E-state index in [1.54, 1.807) is 12.1 Å². The van der Waals surface area contributed by atoms with Gasteiger partial charge in [0.1, 0.15) is 5.82 Å². The first-order chi connectivity index (χ1) is 13.6. The van der Waals surface area contributed by atoms with Gasteiger partial charge in [0.25, 0.3) is 5.91 Å². The molecule has 1 fully saturated rings. The molecule has 1 aliphatic heterocycles. The molecule has 0 radical (unpaired) electrons. The topological polar surface area (TPSA) is 41.6 Å². The van der Waals surface area contributed by atoms with Crippen LogP contribution in [0.25, 0.3) is 11.1 Å². The van der Waals surface area contributed by atoms with Gasteiger partial charge in [-0.1, -0.05) is 29.8 Å². The Bertz CT molecular complexity index is 978. The van der Waals surface area contributed by atoms with Gasteiger partial charge in [-0.2, -0.15) is 0 Å². The van der Waals surface area contributed by atoms with Crippen molar-refractivity contribution in [3.63, 3.8) is 0 Å². The molecule has 3 aromatic rings. The summed E-state index contributed by atoms with van der Waals surface area (Å²) in [4.78, 5) is 15.4. The molecule has 1 aromatic heterocycles. The SMILES string of the molecule is Cc1ccc(-c2ccsc2C(=O)Nc2ccc(N3CCOCC3)c(F)c2)cc1. The molecule has 0 aliphatic carbocycles. The van der Waals surface area contributed by atoms with Crippen LogP contribution in [0, 0.1) is 12.7 Å². The van der Waals surface area contributed by atoms with Crippen molar-refractivity contribution >= 4 is 28.6 Å². The zero-order valence-corrected chi connectivity index (χ0v) is 16.4. The standard InChI is InChI=1S/C22H21FN2O2S/c1-15-2-4-16(5-3-15)18-8-13-28-21(18)22(26)24-17-6-7-20(19(23)14-17)25-9-11-27-12-10-25/h2-8,13-14H,9-12H2,1H3,(H,24,26). The third-order valence-corrected chi connectivity index (χ3v) is 5.70. The van der Waals surface area contributed by atoms with Gasteiger partial charge in [0.05, 0.1) is 23.8 Å². The molecular formula is C22H21FN2O2S. The van der Waals surface area contributed by atoms with Crippen molar-refractivity contribution in [3.05, 3.63) is 70.2 Å². The molecule has 144 valence electrons. The van der Waals surface area contributed by atoms with Gasteiger partial charge in [-0.3, -0.25) is 4.79 Å². The van der Waals surface area contributed by atoms with E-state index in [4.69, 9.17) is 4.74 Å². The van der Waals surface area contributed by atoms with Gasteiger partial charge in [0.2, 0.25) is 0 Å². The van der Waals surface area contributed by atoms with Gasteiger partial charge in [-0.05, 0) is 42.1 Å². The molecule has 1 amide bonds. The summed E-state index contributed by atoms with van der Waals surface area (Å²) in [7, 11) is 0. The number of morpholine rings is 1.